The lowest BCUT2D eigenvalue weighted by Crippen LogP contribution is -2.32. The molecular formula is C18H18ClNO2. The zero-order valence-corrected chi connectivity index (χ0v) is 13.3. The fourth-order valence-electron chi connectivity index (χ4n) is 2.07. The summed E-state index contributed by atoms with van der Waals surface area (Å²) < 4.78 is 5.70. The molecule has 0 aliphatic heterocycles. The first kappa shape index (κ1) is 16.1. The first-order valence-corrected chi connectivity index (χ1v) is 7.35. The highest BCUT2D eigenvalue weighted by Crippen LogP contribution is 2.23. The van der Waals surface area contributed by atoms with Crippen LogP contribution in [-0.4, -0.2) is 17.9 Å². The van der Waals surface area contributed by atoms with Crippen LogP contribution in [0, 0.1) is 0 Å². The third-order valence-corrected chi connectivity index (χ3v) is 3.44. The summed E-state index contributed by atoms with van der Waals surface area (Å²) in [6.45, 7) is 1.86. The van der Waals surface area contributed by atoms with Crippen LogP contribution in [-0.2, 0) is 4.74 Å². The fraction of sp³-hybridized carbons (Fsp3) is 0.167. The predicted molar refractivity (Wildman–Crippen MR) is 88.6 cm³/mol. The van der Waals surface area contributed by atoms with E-state index in [-0.39, 0.29) is 5.91 Å². The molecule has 1 amide bonds. The lowest BCUT2D eigenvalue weighted by molar-refractivity contribution is 0.00896. The van der Waals surface area contributed by atoms with E-state index < -0.39 is 6.23 Å². The molecule has 0 saturated heterocycles. The number of ether oxygens (including phenoxy) is 1. The molecule has 2 aromatic rings. The summed E-state index contributed by atoms with van der Waals surface area (Å²) in [4.78, 5) is 14.2. The molecule has 2 aromatic carbocycles. The van der Waals surface area contributed by atoms with Gasteiger partial charge in [-0.3, -0.25) is 4.79 Å². The van der Waals surface area contributed by atoms with Gasteiger partial charge in [-0.25, -0.2) is 0 Å². The van der Waals surface area contributed by atoms with Crippen LogP contribution in [0.4, 0.5) is 0 Å². The first-order valence-electron chi connectivity index (χ1n) is 6.97. The molecular weight excluding hydrogens is 298 g/mol. The minimum absolute atomic E-state index is 0.130. The maximum absolute atomic E-state index is 12.6. The molecule has 0 heterocycles. The number of benzene rings is 2. The topological polar surface area (TPSA) is 29.5 Å². The van der Waals surface area contributed by atoms with Gasteiger partial charge in [-0.05, 0) is 31.2 Å². The SMILES string of the molecule is C/C=C/OC(c1ccccc1)N(C)C(=O)c1ccc(Cl)cc1. The molecule has 0 aromatic heterocycles. The number of halogens is 1. The molecule has 22 heavy (non-hydrogen) atoms. The molecule has 0 aliphatic carbocycles. The number of amides is 1. The molecule has 3 nitrogen and oxygen atoms in total. The van der Waals surface area contributed by atoms with E-state index in [1.807, 2.05) is 37.3 Å². The minimum Gasteiger partial charge on any atom is -0.474 e. The summed E-state index contributed by atoms with van der Waals surface area (Å²) in [5.41, 5.74) is 1.47. The van der Waals surface area contributed by atoms with Gasteiger partial charge in [0, 0.05) is 23.2 Å². The summed E-state index contributed by atoms with van der Waals surface area (Å²) in [7, 11) is 1.72. The Bertz CT molecular complexity index is 638. The van der Waals surface area contributed by atoms with Crippen molar-refractivity contribution in [2.45, 2.75) is 13.2 Å². The van der Waals surface area contributed by atoms with Crippen molar-refractivity contribution in [2.24, 2.45) is 0 Å². The largest absolute Gasteiger partial charge is 0.474 e. The van der Waals surface area contributed by atoms with Crippen LogP contribution in [0.1, 0.15) is 29.1 Å². The van der Waals surface area contributed by atoms with Gasteiger partial charge >= 0.3 is 0 Å². The number of carbonyl (C=O) groups is 1. The zero-order chi connectivity index (χ0) is 15.9. The lowest BCUT2D eigenvalue weighted by Gasteiger charge is -2.28. The van der Waals surface area contributed by atoms with E-state index in [0.29, 0.717) is 10.6 Å². The highest BCUT2D eigenvalue weighted by Gasteiger charge is 2.23. The standard InChI is InChI=1S/C18H18ClNO2/c1-3-13-22-18(15-7-5-4-6-8-15)20(2)17(21)14-9-11-16(19)12-10-14/h3-13,18H,1-2H3/b13-3+. The van der Waals surface area contributed by atoms with Gasteiger partial charge in [0.05, 0.1) is 6.26 Å². The van der Waals surface area contributed by atoms with Gasteiger partial charge in [-0.2, -0.15) is 0 Å². The monoisotopic (exact) mass is 315 g/mol. The van der Waals surface area contributed by atoms with E-state index in [1.54, 1.807) is 48.6 Å². The van der Waals surface area contributed by atoms with Gasteiger partial charge in [-0.1, -0.05) is 48.0 Å². The Kier molecular flexibility index (Phi) is 5.61. The van der Waals surface area contributed by atoms with Gasteiger partial charge in [0.15, 0.2) is 6.23 Å². The number of hydrogen-bond acceptors (Lipinski definition) is 2. The number of nitrogens with zero attached hydrogens (tertiary/aromatic N) is 1. The maximum atomic E-state index is 12.6. The van der Waals surface area contributed by atoms with Crippen molar-refractivity contribution in [3.05, 3.63) is 83.1 Å². The third kappa shape index (κ3) is 3.89. The molecule has 2 rings (SSSR count). The van der Waals surface area contributed by atoms with Gasteiger partial charge in [0.25, 0.3) is 5.91 Å². The Morgan fingerprint density at radius 1 is 1.14 bits per heavy atom. The predicted octanol–water partition coefficient (Wildman–Crippen LogP) is 4.66. The summed E-state index contributed by atoms with van der Waals surface area (Å²) in [6.07, 6.45) is 2.89. The summed E-state index contributed by atoms with van der Waals surface area (Å²) in [5, 5.41) is 0.601. The van der Waals surface area contributed by atoms with Crippen molar-refractivity contribution in [3.63, 3.8) is 0 Å². The summed E-state index contributed by atoms with van der Waals surface area (Å²) in [6, 6.07) is 16.4. The molecule has 0 fully saturated rings. The van der Waals surface area contributed by atoms with Gasteiger partial charge in [-0.15, -0.1) is 0 Å². The number of rotatable bonds is 5. The Labute approximate surface area is 135 Å². The molecule has 0 bridgehead atoms. The molecule has 0 N–H and O–H groups in total. The molecule has 114 valence electrons. The average molecular weight is 316 g/mol. The number of carbonyl (C=O) groups excluding carboxylic acids is 1. The molecule has 0 spiro atoms. The van der Waals surface area contributed by atoms with E-state index in [4.69, 9.17) is 16.3 Å². The quantitative estimate of drug-likeness (QED) is 0.593. The number of hydrogen-bond donors (Lipinski definition) is 0. The molecule has 1 atom stereocenters. The van der Waals surface area contributed by atoms with Crippen molar-refractivity contribution >= 4 is 17.5 Å². The molecule has 0 aliphatic rings. The molecule has 0 radical (unpaired) electrons. The summed E-state index contributed by atoms with van der Waals surface area (Å²) in [5.74, 6) is -0.130. The second-order valence-corrected chi connectivity index (χ2v) is 5.23. The molecule has 0 saturated carbocycles. The zero-order valence-electron chi connectivity index (χ0n) is 12.6. The molecule has 4 heteroatoms. The van der Waals surface area contributed by atoms with Crippen molar-refractivity contribution < 1.29 is 9.53 Å². The number of allylic oxidation sites excluding steroid dienone is 1. The van der Waals surface area contributed by atoms with Crippen LogP contribution >= 0.6 is 11.6 Å². The third-order valence-electron chi connectivity index (χ3n) is 3.19. The van der Waals surface area contributed by atoms with Crippen LogP contribution in [0.2, 0.25) is 5.02 Å². The van der Waals surface area contributed by atoms with Crippen molar-refractivity contribution in [1.82, 2.24) is 4.90 Å². The Morgan fingerprint density at radius 3 is 2.36 bits per heavy atom. The minimum atomic E-state index is -0.486. The van der Waals surface area contributed by atoms with Gasteiger partial charge in [0.2, 0.25) is 0 Å². The van der Waals surface area contributed by atoms with Crippen molar-refractivity contribution in [1.29, 1.82) is 0 Å². The van der Waals surface area contributed by atoms with E-state index >= 15 is 0 Å². The second kappa shape index (κ2) is 7.66. The maximum Gasteiger partial charge on any atom is 0.256 e. The van der Waals surface area contributed by atoms with Crippen LogP contribution in [0.15, 0.2) is 66.9 Å². The van der Waals surface area contributed by atoms with Crippen molar-refractivity contribution in [2.75, 3.05) is 7.05 Å². The van der Waals surface area contributed by atoms with E-state index in [0.717, 1.165) is 5.56 Å². The lowest BCUT2D eigenvalue weighted by atomic mass is 10.1. The smallest absolute Gasteiger partial charge is 0.256 e. The van der Waals surface area contributed by atoms with Gasteiger partial charge < -0.3 is 9.64 Å². The van der Waals surface area contributed by atoms with E-state index in [2.05, 4.69) is 0 Å². The Hall–Kier alpha value is -2.26. The van der Waals surface area contributed by atoms with Crippen LogP contribution in [0.3, 0.4) is 0 Å². The van der Waals surface area contributed by atoms with Crippen LogP contribution < -0.4 is 0 Å². The van der Waals surface area contributed by atoms with Crippen LogP contribution in [0.5, 0.6) is 0 Å². The van der Waals surface area contributed by atoms with E-state index in [9.17, 15) is 4.79 Å². The van der Waals surface area contributed by atoms with Gasteiger partial charge in [0.1, 0.15) is 0 Å². The van der Waals surface area contributed by atoms with Crippen molar-refractivity contribution in [3.8, 4) is 0 Å². The molecule has 1 unspecified atom stereocenters. The second-order valence-electron chi connectivity index (χ2n) is 4.79. The highest BCUT2D eigenvalue weighted by atomic mass is 35.5. The fourth-order valence-corrected chi connectivity index (χ4v) is 2.19. The van der Waals surface area contributed by atoms with E-state index in [1.165, 1.54) is 0 Å². The average Bonchev–Trinajstić information content (AvgIpc) is 2.56. The van der Waals surface area contributed by atoms with Crippen LogP contribution in [0.25, 0.3) is 0 Å². The highest BCUT2D eigenvalue weighted by molar-refractivity contribution is 6.30. The normalized spacial score (nSPS) is 12.1. The summed E-state index contributed by atoms with van der Waals surface area (Å²) >= 11 is 5.86. The first-order chi connectivity index (χ1) is 10.6. The Morgan fingerprint density at radius 2 is 1.77 bits per heavy atom. The Balaban J connectivity index is 2.26.